The molecule has 0 aromatic heterocycles. The number of amides is 1. The first kappa shape index (κ1) is 13.8. The molecule has 0 aromatic rings. The van der Waals surface area contributed by atoms with E-state index in [0.29, 0.717) is 12.6 Å². The van der Waals surface area contributed by atoms with Gasteiger partial charge in [0.05, 0.1) is 5.92 Å². The molecule has 0 saturated carbocycles. The molecule has 2 rings (SSSR count). The Labute approximate surface area is 110 Å². The molecule has 0 bridgehead atoms. The molecule has 0 aromatic carbocycles. The lowest BCUT2D eigenvalue weighted by Crippen LogP contribution is -2.43. The van der Waals surface area contributed by atoms with Crippen LogP contribution in [-0.4, -0.2) is 54.5 Å². The quantitative estimate of drug-likeness (QED) is 0.815. The van der Waals surface area contributed by atoms with Gasteiger partial charge in [0, 0.05) is 25.7 Å². The van der Waals surface area contributed by atoms with Crippen LogP contribution >= 0.6 is 0 Å². The van der Waals surface area contributed by atoms with Gasteiger partial charge in [0.25, 0.3) is 0 Å². The maximum absolute atomic E-state index is 12.3. The summed E-state index contributed by atoms with van der Waals surface area (Å²) in [5, 5.41) is 0. The third-order valence-electron chi connectivity index (χ3n) is 4.51. The van der Waals surface area contributed by atoms with Gasteiger partial charge < -0.3 is 10.6 Å². The lowest BCUT2D eigenvalue weighted by Gasteiger charge is -2.32. The van der Waals surface area contributed by atoms with Gasteiger partial charge >= 0.3 is 0 Å². The van der Waals surface area contributed by atoms with Crippen LogP contribution in [0.15, 0.2) is 0 Å². The van der Waals surface area contributed by atoms with E-state index in [1.807, 2.05) is 11.8 Å². The topological polar surface area (TPSA) is 49.6 Å². The van der Waals surface area contributed by atoms with E-state index in [0.717, 1.165) is 25.9 Å². The van der Waals surface area contributed by atoms with Crippen molar-refractivity contribution in [3.8, 4) is 0 Å². The number of hydrogen-bond donors (Lipinski definition) is 1. The normalized spacial score (nSPS) is 27.4. The van der Waals surface area contributed by atoms with Crippen LogP contribution in [0.2, 0.25) is 0 Å². The van der Waals surface area contributed by atoms with Gasteiger partial charge in [-0.05, 0) is 38.8 Å². The second-order valence-corrected chi connectivity index (χ2v) is 5.66. The molecule has 0 aliphatic carbocycles. The molecule has 2 unspecified atom stereocenters. The van der Waals surface area contributed by atoms with Crippen LogP contribution in [0.4, 0.5) is 0 Å². The van der Waals surface area contributed by atoms with Crippen molar-refractivity contribution in [2.75, 3.05) is 32.7 Å². The average Bonchev–Trinajstić information content (AvgIpc) is 2.90. The van der Waals surface area contributed by atoms with Gasteiger partial charge in [0.15, 0.2) is 0 Å². The molecular weight excluding hydrogens is 226 g/mol. The molecule has 2 heterocycles. The van der Waals surface area contributed by atoms with E-state index in [1.165, 1.54) is 32.4 Å². The van der Waals surface area contributed by atoms with Crippen molar-refractivity contribution in [2.45, 2.75) is 45.1 Å². The van der Waals surface area contributed by atoms with E-state index in [-0.39, 0.29) is 11.8 Å². The zero-order valence-electron chi connectivity index (χ0n) is 11.6. The standard InChI is InChI=1S/C14H27N3O/c1-2-12(10-15)14(18)17-9-6-13(11-17)16-7-4-3-5-8-16/h12-13H,2-11,15H2,1H3. The Morgan fingerprint density at radius 3 is 2.61 bits per heavy atom. The highest BCUT2D eigenvalue weighted by Crippen LogP contribution is 2.21. The van der Waals surface area contributed by atoms with E-state index in [1.54, 1.807) is 0 Å². The predicted octanol–water partition coefficient (Wildman–Crippen LogP) is 1.06. The molecule has 18 heavy (non-hydrogen) atoms. The van der Waals surface area contributed by atoms with Crippen LogP contribution in [0.5, 0.6) is 0 Å². The number of nitrogens with two attached hydrogens (primary N) is 1. The van der Waals surface area contributed by atoms with Crippen molar-refractivity contribution < 1.29 is 4.79 Å². The van der Waals surface area contributed by atoms with Crippen molar-refractivity contribution >= 4 is 5.91 Å². The fourth-order valence-electron chi connectivity index (χ4n) is 3.22. The van der Waals surface area contributed by atoms with Gasteiger partial charge in [0.1, 0.15) is 0 Å². The largest absolute Gasteiger partial charge is 0.341 e. The molecule has 0 spiro atoms. The average molecular weight is 253 g/mol. The van der Waals surface area contributed by atoms with Gasteiger partial charge in [0.2, 0.25) is 5.91 Å². The predicted molar refractivity (Wildman–Crippen MR) is 73.2 cm³/mol. The third-order valence-corrected chi connectivity index (χ3v) is 4.51. The Bertz CT molecular complexity index is 272. The molecule has 2 atom stereocenters. The fourth-order valence-corrected chi connectivity index (χ4v) is 3.22. The number of carbonyl (C=O) groups is 1. The Morgan fingerprint density at radius 1 is 1.28 bits per heavy atom. The van der Waals surface area contributed by atoms with E-state index in [2.05, 4.69) is 4.90 Å². The van der Waals surface area contributed by atoms with Crippen LogP contribution in [0.3, 0.4) is 0 Å². The Balaban J connectivity index is 1.85. The minimum atomic E-state index is 0.0325. The molecule has 4 heteroatoms. The maximum atomic E-state index is 12.3. The maximum Gasteiger partial charge on any atom is 0.226 e. The molecule has 2 N–H and O–H groups in total. The van der Waals surface area contributed by atoms with Crippen LogP contribution in [0.1, 0.15) is 39.0 Å². The second-order valence-electron chi connectivity index (χ2n) is 5.66. The Morgan fingerprint density at radius 2 is 2.00 bits per heavy atom. The van der Waals surface area contributed by atoms with Gasteiger partial charge in [-0.15, -0.1) is 0 Å². The highest BCUT2D eigenvalue weighted by molar-refractivity contribution is 5.79. The summed E-state index contributed by atoms with van der Waals surface area (Å²) < 4.78 is 0. The first-order valence-electron chi connectivity index (χ1n) is 7.49. The van der Waals surface area contributed by atoms with Crippen molar-refractivity contribution in [1.29, 1.82) is 0 Å². The minimum absolute atomic E-state index is 0.0325. The number of rotatable bonds is 4. The lowest BCUT2D eigenvalue weighted by atomic mass is 10.1. The third kappa shape index (κ3) is 3.04. The van der Waals surface area contributed by atoms with Gasteiger partial charge in [-0.2, -0.15) is 0 Å². The summed E-state index contributed by atoms with van der Waals surface area (Å²) in [5.41, 5.74) is 5.67. The molecule has 2 fully saturated rings. The zero-order valence-corrected chi connectivity index (χ0v) is 11.6. The number of piperidine rings is 1. The van der Waals surface area contributed by atoms with E-state index in [4.69, 9.17) is 5.73 Å². The molecular formula is C14H27N3O. The van der Waals surface area contributed by atoms with Crippen molar-refractivity contribution in [2.24, 2.45) is 11.7 Å². The summed E-state index contributed by atoms with van der Waals surface area (Å²) in [7, 11) is 0. The second kappa shape index (κ2) is 6.53. The lowest BCUT2D eigenvalue weighted by molar-refractivity contribution is -0.134. The van der Waals surface area contributed by atoms with Crippen molar-refractivity contribution in [3.63, 3.8) is 0 Å². The van der Waals surface area contributed by atoms with Crippen LogP contribution in [0.25, 0.3) is 0 Å². The van der Waals surface area contributed by atoms with E-state index >= 15 is 0 Å². The van der Waals surface area contributed by atoms with E-state index in [9.17, 15) is 4.79 Å². The van der Waals surface area contributed by atoms with Crippen LogP contribution in [-0.2, 0) is 4.79 Å². The first-order chi connectivity index (χ1) is 8.76. The van der Waals surface area contributed by atoms with Gasteiger partial charge in [-0.25, -0.2) is 0 Å². The smallest absolute Gasteiger partial charge is 0.226 e. The number of nitrogens with zero attached hydrogens (tertiary/aromatic N) is 2. The Kier molecular flexibility index (Phi) is 5.01. The molecule has 1 amide bonds. The SMILES string of the molecule is CCC(CN)C(=O)N1CCC(N2CCCCC2)C1. The summed E-state index contributed by atoms with van der Waals surface area (Å²) in [6, 6.07) is 0.601. The molecule has 2 aliphatic heterocycles. The number of hydrogen-bond acceptors (Lipinski definition) is 3. The minimum Gasteiger partial charge on any atom is -0.341 e. The van der Waals surface area contributed by atoms with E-state index < -0.39 is 0 Å². The number of likely N-dealkylation sites (tertiary alicyclic amines) is 2. The molecule has 4 nitrogen and oxygen atoms in total. The highest BCUT2D eigenvalue weighted by atomic mass is 16.2. The summed E-state index contributed by atoms with van der Waals surface area (Å²) >= 11 is 0. The molecule has 0 radical (unpaired) electrons. The molecule has 2 aliphatic rings. The summed E-state index contributed by atoms with van der Waals surface area (Å²) in [5.74, 6) is 0.310. The summed E-state index contributed by atoms with van der Waals surface area (Å²) in [4.78, 5) is 16.9. The Hall–Kier alpha value is -0.610. The number of carbonyl (C=O) groups excluding carboxylic acids is 1. The first-order valence-corrected chi connectivity index (χ1v) is 7.49. The van der Waals surface area contributed by atoms with Crippen LogP contribution < -0.4 is 5.73 Å². The summed E-state index contributed by atoms with van der Waals surface area (Å²) in [6.45, 7) is 6.83. The van der Waals surface area contributed by atoms with Crippen molar-refractivity contribution in [1.82, 2.24) is 9.80 Å². The van der Waals surface area contributed by atoms with Gasteiger partial charge in [-0.1, -0.05) is 13.3 Å². The highest BCUT2D eigenvalue weighted by Gasteiger charge is 2.32. The van der Waals surface area contributed by atoms with Crippen molar-refractivity contribution in [3.05, 3.63) is 0 Å². The fraction of sp³-hybridized carbons (Fsp3) is 0.929. The summed E-state index contributed by atoms with van der Waals surface area (Å²) in [6.07, 6.45) is 6.03. The van der Waals surface area contributed by atoms with Gasteiger partial charge in [-0.3, -0.25) is 9.69 Å². The monoisotopic (exact) mass is 253 g/mol. The van der Waals surface area contributed by atoms with Crippen LogP contribution in [0, 0.1) is 5.92 Å². The molecule has 2 saturated heterocycles. The zero-order chi connectivity index (χ0) is 13.0. The molecule has 104 valence electrons.